The number of aromatic amines is 1. The Kier molecular flexibility index (Phi) is 4.92. The lowest BCUT2D eigenvalue weighted by Gasteiger charge is -2.13. The van der Waals surface area contributed by atoms with E-state index in [1.807, 2.05) is 12.1 Å². The van der Waals surface area contributed by atoms with Gasteiger partial charge in [-0.05, 0) is 31.0 Å². The number of Topliss-reactive ketones (excluding diaryl/α,β-unsaturated/α-hetero) is 1. The normalized spacial score (nSPS) is 13.8. The van der Waals surface area contributed by atoms with Crippen LogP contribution in [0.5, 0.6) is 0 Å². The molecule has 0 spiro atoms. The summed E-state index contributed by atoms with van der Waals surface area (Å²) in [5.41, 5.74) is 1.73. The van der Waals surface area contributed by atoms with Crippen LogP contribution in [0, 0.1) is 0 Å². The second-order valence-corrected chi connectivity index (χ2v) is 6.69. The Morgan fingerprint density at radius 2 is 1.96 bits per heavy atom. The van der Waals surface area contributed by atoms with Crippen molar-refractivity contribution in [2.45, 2.75) is 19.3 Å². The molecule has 144 valence electrons. The van der Waals surface area contributed by atoms with Crippen molar-refractivity contribution >= 4 is 28.6 Å². The first-order valence-corrected chi connectivity index (χ1v) is 9.11. The third kappa shape index (κ3) is 3.66. The maximum absolute atomic E-state index is 12.3. The number of H-pyrrole nitrogens is 1. The smallest absolute Gasteiger partial charge is 0.312 e. The highest BCUT2D eigenvalue weighted by atomic mass is 16.5. The number of esters is 1. The molecule has 28 heavy (non-hydrogen) atoms. The lowest BCUT2D eigenvalue weighted by atomic mass is 10.2. The van der Waals surface area contributed by atoms with E-state index in [-0.39, 0.29) is 18.1 Å². The Morgan fingerprint density at radius 1 is 1.18 bits per heavy atom. The van der Waals surface area contributed by atoms with E-state index in [9.17, 15) is 14.4 Å². The number of ketones is 1. The molecule has 1 saturated heterocycles. The Balaban J connectivity index is 1.33. The van der Waals surface area contributed by atoms with Crippen LogP contribution in [0.2, 0.25) is 0 Å². The van der Waals surface area contributed by atoms with E-state index < -0.39 is 12.6 Å². The van der Waals surface area contributed by atoms with E-state index in [2.05, 4.69) is 10.1 Å². The van der Waals surface area contributed by atoms with Gasteiger partial charge in [-0.3, -0.25) is 14.4 Å². The number of benzene rings is 1. The van der Waals surface area contributed by atoms with Crippen molar-refractivity contribution in [1.29, 1.82) is 0 Å². The van der Waals surface area contributed by atoms with E-state index in [0.29, 0.717) is 22.5 Å². The second-order valence-electron chi connectivity index (χ2n) is 6.69. The Morgan fingerprint density at radius 3 is 2.79 bits per heavy atom. The number of aromatic nitrogens is 2. The molecule has 8 nitrogen and oxygen atoms in total. The molecule has 3 heterocycles. The van der Waals surface area contributed by atoms with Gasteiger partial charge in [0.1, 0.15) is 11.4 Å². The standard InChI is InChI=1S/C20H19N3O5/c24-17(13-9-16(21-11-13)20(26)23-7-3-4-8-23)12-27-19(25)10-15-14-5-1-2-6-18(14)28-22-15/h1-2,5-6,9,11,21H,3-4,7-8,10,12H2. The van der Waals surface area contributed by atoms with Gasteiger partial charge in [0, 0.05) is 30.2 Å². The van der Waals surface area contributed by atoms with Crippen LogP contribution in [0.25, 0.3) is 11.0 Å². The van der Waals surface area contributed by atoms with Crippen molar-refractivity contribution in [2.75, 3.05) is 19.7 Å². The second kappa shape index (κ2) is 7.67. The number of hydrogen-bond donors (Lipinski definition) is 1. The molecule has 3 aromatic rings. The fraction of sp³-hybridized carbons (Fsp3) is 0.300. The predicted molar refractivity (Wildman–Crippen MR) is 98.9 cm³/mol. The first-order valence-electron chi connectivity index (χ1n) is 9.11. The van der Waals surface area contributed by atoms with Gasteiger partial charge < -0.3 is 19.1 Å². The van der Waals surface area contributed by atoms with E-state index in [4.69, 9.17) is 9.26 Å². The summed E-state index contributed by atoms with van der Waals surface area (Å²) in [5, 5.41) is 4.61. The molecule has 8 heteroatoms. The number of nitrogens with one attached hydrogen (secondary N) is 1. The highest BCUT2D eigenvalue weighted by Crippen LogP contribution is 2.18. The van der Waals surface area contributed by atoms with Crippen LogP contribution in [0.4, 0.5) is 0 Å². The molecular formula is C20H19N3O5. The van der Waals surface area contributed by atoms with E-state index >= 15 is 0 Å². The molecule has 1 aromatic carbocycles. The van der Waals surface area contributed by atoms with Crippen LogP contribution >= 0.6 is 0 Å². The molecule has 4 rings (SSSR count). The molecule has 1 fully saturated rings. The van der Waals surface area contributed by atoms with Crippen molar-refractivity contribution in [1.82, 2.24) is 15.0 Å². The third-order valence-corrected chi connectivity index (χ3v) is 4.76. The van der Waals surface area contributed by atoms with Crippen LogP contribution in [-0.2, 0) is 16.0 Å². The summed E-state index contributed by atoms with van der Waals surface area (Å²) in [5.74, 6) is -1.07. The minimum absolute atomic E-state index is 0.0872. The first-order chi connectivity index (χ1) is 13.6. The van der Waals surface area contributed by atoms with Gasteiger partial charge in [-0.15, -0.1) is 0 Å². The van der Waals surface area contributed by atoms with Crippen molar-refractivity contribution in [3.63, 3.8) is 0 Å². The fourth-order valence-corrected chi connectivity index (χ4v) is 3.25. The molecule has 0 saturated carbocycles. The number of carbonyl (C=O) groups excluding carboxylic acids is 3. The zero-order chi connectivity index (χ0) is 19.5. The number of nitrogens with zero attached hydrogens (tertiary/aromatic N) is 2. The SMILES string of the molecule is O=C(Cc1noc2ccccc12)OCC(=O)c1c[nH]c(C(=O)N2CCCC2)c1. The number of carbonyl (C=O) groups is 3. The van der Waals surface area contributed by atoms with Gasteiger partial charge in [0.2, 0.25) is 5.78 Å². The Hall–Kier alpha value is -3.42. The Bertz CT molecular complexity index is 1030. The quantitative estimate of drug-likeness (QED) is 0.519. The van der Waals surface area contributed by atoms with Gasteiger partial charge in [-0.1, -0.05) is 17.3 Å². The van der Waals surface area contributed by atoms with Gasteiger partial charge in [0.05, 0.1) is 6.42 Å². The van der Waals surface area contributed by atoms with E-state index in [1.165, 1.54) is 12.3 Å². The fourth-order valence-electron chi connectivity index (χ4n) is 3.25. The summed E-state index contributed by atoms with van der Waals surface area (Å²) >= 11 is 0. The summed E-state index contributed by atoms with van der Waals surface area (Å²) in [4.78, 5) is 41.2. The topological polar surface area (TPSA) is 105 Å². The molecule has 0 atom stereocenters. The molecule has 0 radical (unpaired) electrons. The first kappa shape index (κ1) is 18.0. The summed E-state index contributed by atoms with van der Waals surface area (Å²) in [6.07, 6.45) is 3.37. The van der Waals surface area contributed by atoms with Gasteiger partial charge in [-0.25, -0.2) is 0 Å². The summed E-state index contributed by atoms with van der Waals surface area (Å²) in [6.45, 7) is 1.06. The number of fused-ring (bicyclic) bond motifs is 1. The summed E-state index contributed by atoms with van der Waals surface area (Å²) < 4.78 is 10.2. The number of para-hydroxylation sites is 1. The maximum Gasteiger partial charge on any atom is 0.312 e. The lowest BCUT2D eigenvalue weighted by molar-refractivity contribution is -0.141. The average Bonchev–Trinajstić information content (AvgIpc) is 3.46. The largest absolute Gasteiger partial charge is 0.457 e. The predicted octanol–water partition coefficient (Wildman–Crippen LogP) is 2.36. The molecule has 2 aromatic heterocycles. The monoisotopic (exact) mass is 381 g/mol. The van der Waals surface area contributed by atoms with E-state index in [0.717, 1.165) is 31.3 Å². The van der Waals surface area contributed by atoms with Crippen LogP contribution in [0.1, 0.15) is 39.4 Å². The highest BCUT2D eigenvalue weighted by Gasteiger charge is 2.22. The highest BCUT2D eigenvalue weighted by molar-refractivity contribution is 6.01. The Labute approximate surface area is 160 Å². The van der Waals surface area contributed by atoms with Crippen LogP contribution in [-0.4, -0.2) is 52.4 Å². The van der Waals surface area contributed by atoms with E-state index in [1.54, 1.807) is 17.0 Å². The zero-order valence-electron chi connectivity index (χ0n) is 15.1. The molecule has 1 aliphatic heterocycles. The summed E-state index contributed by atoms with van der Waals surface area (Å²) in [6, 6.07) is 8.70. The van der Waals surface area contributed by atoms with Crippen LogP contribution < -0.4 is 0 Å². The minimum atomic E-state index is -0.573. The average molecular weight is 381 g/mol. The van der Waals surface area contributed by atoms with Crippen molar-refractivity contribution < 1.29 is 23.6 Å². The third-order valence-electron chi connectivity index (χ3n) is 4.76. The van der Waals surface area contributed by atoms with Crippen molar-refractivity contribution in [2.24, 2.45) is 0 Å². The molecular weight excluding hydrogens is 362 g/mol. The summed E-state index contributed by atoms with van der Waals surface area (Å²) in [7, 11) is 0. The van der Waals surface area contributed by atoms with Crippen LogP contribution in [0.3, 0.4) is 0 Å². The molecule has 1 N–H and O–H groups in total. The number of ether oxygens (including phenoxy) is 1. The molecule has 0 unspecified atom stereocenters. The van der Waals surface area contributed by atoms with Gasteiger partial charge >= 0.3 is 5.97 Å². The molecule has 1 aliphatic rings. The maximum atomic E-state index is 12.3. The number of hydrogen-bond acceptors (Lipinski definition) is 6. The molecule has 1 amide bonds. The lowest BCUT2D eigenvalue weighted by Crippen LogP contribution is -2.27. The molecule has 0 aliphatic carbocycles. The van der Waals surface area contributed by atoms with Crippen LogP contribution in [0.15, 0.2) is 41.1 Å². The minimum Gasteiger partial charge on any atom is -0.457 e. The van der Waals surface area contributed by atoms with Gasteiger partial charge in [0.15, 0.2) is 12.2 Å². The zero-order valence-corrected chi connectivity index (χ0v) is 15.1. The number of likely N-dealkylation sites (tertiary alicyclic amines) is 1. The number of amides is 1. The van der Waals surface area contributed by atoms with Gasteiger partial charge in [-0.2, -0.15) is 0 Å². The van der Waals surface area contributed by atoms with Crippen molar-refractivity contribution in [3.8, 4) is 0 Å². The molecule has 0 bridgehead atoms. The number of rotatable bonds is 6. The van der Waals surface area contributed by atoms with Gasteiger partial charge in [0.25, 0.3) is 5.91 Å². The van der Waals surface area contributed by atoms with Crippen molar-refractivity contribution in [3.05, 3.63) is 53.5 Å².